The minimum absolute atomic E-state index is 0. The predicted octanol–water partition coefficient (Wildman–Crippen LogP) is 2.84. The van der Waals surface area contributed by atoms with Crippen LogP contribution in [0.4, 0.5) is 0 Å². The van der Waals surface area contributed by atoms with Gasteiger partial charge in [-0.15, -0.1) is 24.0 Å². The van der Waals surface area contributed by atoms with Gasteiger partial charge in [-0.3, -0.25) is 4.99 Å². The fourth-order valence-corrected chi connectivity index (χ4v) is 2.88. The molecule has 1 aromatic carbocycles. The summed E-state index contributed by atoms with van der Waals surface area (Å²) in [5, 5.41) is 6.74. The molecule has 0 atom stereocenters. The molecule has 0 saturated heterocycles. The summed E-state index contributed by atoms with van der Waals surface area (Å²) in [7, 11) is 4.05. The third kappa shape index (κ3) is 6.52. The number of likely N-dealkylation sites (N-methyl/N-ethyl adjacent to an activating group) is 1. The molecule has 22 heavy (non-hydrogen) atoms. The molecule has 0 heterocycles. The lowest BCUT2D eigenvalue weighted by molar-refractivity contribution is 0.249. The van der Waals surface area contributed by atoms with Crippen molar-refractivity contribution in [2.24, 2.45) is 4.99 Å². The fourth-order valence-electron chi connectivity index (χ4n) is 2.88. The Morgan fingerprint density at radius 1 is 1.18 bits per heavy atom. The maximum Gasteiger partial charge on any atom is 0.191 e. The summed E-state index contributed by atoms with van der Waals surface area (Å²) in [4.78, 5) is 6.75. The number of nitrogens with one attached hydrogen (secondary N) is 2. The zero-order valence-corrected chi connectivity index (χ0v) is 16.0. The maximum atomic E-state index is 4.27. The molecule has 2 N–H and O–H groups in total. The molecule has 5 heteroatoms. The van der Waals surface area contributed by atoms with Crippen LogP contribution in [0.3, 0.4) is 0 Å². The van der Waals surface area contributed by atoms with Gasteiger partial charge in [0.25, 0.3) is 0 Å². The van der Waals surface area contributed by atoms with Gasteiger partial charge in [-0.1, -0.05) is 43.2 Å². The topological polar surface area (TPSA) is 39.7 Å². The van der Waals surface area contributed by atoms with E-state index in [0.29, 0.717) is 0 Å². The van der Waals surface area contributed by atoms with E-state index in [1.165, 1.54) is 31.2 Å². The van der Waals surface area contributed by atoms with E-state index in [1.54, 1.807) is 0 Å². The van der Waals surface area contributed by atoms with Crippen molar-refractivity contribution >= 4 is 29.9 Å². The van der Waals surface area contributed by atoms with Crippen molar-refractivity contribution in [3.05, 3.63) is 35.9 Å². The van der Waals surface area contributed by atoms with Crippen LogP contribution in [0.15, 0.2) is 35.3 Å². The number of benzene rings is 1. The quantitative estimate of drug-likeness (QED) is 0.426. The third-order valence-corrected chi connectivity index (χ3v) is 4.23. The van der Waals surface area contributed by atoms with Crippen LogP contribution in [0, 0.1) is 0 Å². The van der Waals surface area contributed by atoms with Gasteiger partial charge >= 0.3 is 0 Å². The highest BCUT2D eigenvalue weighted by atomic mass is 127. The summed E-state index contributed by atoms with van der Waals surface area (Å²) in [5.74, 6) is 0.874. The number of aliphatic imine (C=N–C) groups is 1. The molecule has 1 aliphatic carbocycles. The van der Waals surface area contributed by atoms with Crippen LogP contribution in [0.25, 0.3) is 0 Å². The predicted molar refractivity (Wildman–Crippen MR) is 105 cm³/mol. The van der Waals surface area contributed by atoms with Gasteiger partial charge in [0.1, 0.15) is 0 Å². The highest BCUT2D eigenvalue weighted by molar-refractivity contribution is 14.0. The number of hydrogen-bond acceptors (Lipinski definition) is 2. The average molecular weight is 416 g/mol. The Hall–Kier alpha value is -0.820. The van der Waals surface area contributed by atoms with Crippen molar-refractivity contribution in [3.8, 4) is 0 Å². The lowest BCUT2D eigenvalue weighted by Crippen LogP contribution is -2.42. The van der Waals surface area contributed by atoms with Crippen LogP contribution in [-0.4, -0.2) is 44.1 Å². The van der Waals surface area contributed by atoms with Crippen LogP contribution < -0.4 is 10.6 Å². The minimum atomic E-state index is 0. The first kappa shape index (κ1) is 19.2. The molecule has 0 radical (unpaired) electrons. The molecule has 1 aromatic rings. The van der Waals surface area contributed by atoms with Crippen LogP contribution in [-0.2, 0) is 6.54 Å². The summed E-state index contributed by atoms with van der Waals surface area (Å²) < 4.78 is 0. The molecular formula is C17H29IN4. The van der Waals surface area contributed by atoms with E-state index in [4.69, 9.17) is 0 Å². The van der Waals surface area contributed by atoms with E-state index in [-0.39, 0.29) is 24.0 Å². The van der Waals surface area contributed by atoms with E-state index in [2.05, 4.69) is 51.8 Å². The summed E-state index contributed by atoms with van der Waals surface area (Å²) in [5.41, 5.74) is 1.27. The number of hydrogen-bond donors (Lipinski definition) is 2. The van der Waals surface area contributed by atoms with Gasteiger partial charge in [0.2, 0.25) is 0 Å². The Morgan fingerprint density at radius 3 is 2.50 bits per heavy atom. The second-order valence-corrected chi connectivity index (χ2v) is 5.76. The minimum Gasteiger partial charge on any atom is -0.355 e. The highest BCUT2D eigenvalue weighted by Gasteiger charge is 2.18. The van der Waals surface area contributed by atoms with Crippen molar-refractivity contribution in [1.29, 1.82) is 0 Å². The number of halogens is 1. The summed E-state index contributed by atoms with van der Waals surface area (Å²) >= 11 is 0. The van der Waals surface area contributed by atoms with Gasteiger partial charge in [0.15, 0.2) is 5.96 Å². The first-order valence-corrected chi connectivity index (χ1v) is 7.98. The normalized spacial score (nSPS) is 15.7. The highest BCUT2D eigenvalue weighted by Crippen LogP contribution is 2.21. The monoisotopic (exact) mass is 416 g/mol. The van der Waals surface area contributed by atoms with E-state index in [9.17, 15) is 0 Å². The molecule has 1 aliphatic rings. The Labute approximate surface area is 151 Å². The Kier molecular flexibility index (Phi) is 9.47. The number of nitrogens with zero attached hydrogens (tertiary/aromatic N) is 2. The molecule has 0 bridgehead atoms. The Morgan fingerprint density at radius 2 is 1.86 bits per heavy atom. The van der Waals surface area contributed by atoms with Crippen LogP contribution in [0.2, 0.25) is 0 Å². The van der Waals surface area contributed by atoms with E-state index in [1.807, 2.05) is 13.1 Å². The molecule has 1 fully saturated rings. The number of rotatable bonds is 6. The third-order valence-electron chi connectivity index (χ3n) is 4.23. The van der Waals surface area contributed by atoms with Crippen LogP contribution >= 0.6 is 24.0 Å². The van der Waals surface area contributed by atoms with Gasteiger partial charge < -0.3 is 15.5 Å². The number of guanidine groups is 1. The first-order valence-electron chi connectivity index (χ1n) is 7.98. The van der Waals surface area contributed by atoms with Crippen LogP contribution in [0.1, 0.15) is 31.2 Å². The van der Waals surface area contributed by atoms with E-state index in [0.717, 1.165) is 31.6 Å². The summed E-state index contributed by atoms with van der Waals surface area (Å²) in [6, 6.07) is 11.2. The average Bonchev–Trinajstić information content (AvgIpc) is 3.06. The SMILES string of the molecule is CN=C(NCCN(C)C1CCCC1)NCc1ccccc1.I. The van der Waals surface area contributed by atoms with Crippen molar-refractivity contribution in [2.75, 3.05) is 27.2 Å². The van der Waals surface area contributed by atoms with Crippen molar-refractivity contribution in [2.45, 2.75) is 38.3 Å². The molecular weight excluding hydrogens is 387 g/mol. The van der Waals surface area contributed by atoms with Gasteiger partial charge in [0.05, 0.1) is 0 Å². The van der Waals surface area contributed by atoms with Crippen molar-refractivity contribution < 1.29 is 0 Å². The Balaban J connectivity index is 0.00000242. The smallest absolute Gasteiger partial charge is 0.191 e. The molecule has 1 saturated carbocycles. The second kappa shape index (κ2) is 10.8. The summed E-state index contributed by atoms with van der Waals surface area (Å²) in [6.07, 6.45) is 5.50. The Bertz CT molecular complexity index is 430. The standard InChI is InChI=1S/C17H28N4.HI/c1-18-17(20-14-15-8-4-3-5-9-15)19-12-13-21(2)16-10-6-7-11-16;/h3-5,8-9,16H,6-7,10-14H2,1-2H3,(H2,18,19,20);1H. The van der Waals surface area contributed by atoms with E-state index >= 15 is 0 Å². The summed E-state index contributed by atoms with van der Waals surface area (Å²) in [6.45, 7) is 2.80. The first-order chi connectivity index (χ1) is 10.3. The van der Waals surface area contributed by atoms with E-state index < -0.39 is 0 Å². The largest absolute Gasteiger partial charge is 0.355 e. The maximum absolute atomic E-state index is 4.27. The molecule has 0 amide bonds. The van der Waals surface area contributed by atoms with Gasteiger partial charge in [-0.2, -0.15) is 0 Å². The second-order valence-electron chi connectivity index (χ2n) is 5.76. The van der Waals surface area contributed by atoms with Gasteiger partial charge in [0, 0.05) is 32.7 Å². The molecule has 0 spiro atoms. The molecule has 124 valence electrons. The lowest BCUT2D eigenvalue weighted by Gasteiger charge is -2.24. The molecule has 0 unspecified atom stereocenters. The molecule has 0 aromatic heterocycles. The van der Waals surface area contributed by atoms with Gasteiger partial charge in [-0.05, 0) is 25.5 Å². The zero-order valence-electron chi connectivity index (χ0n) is 13.7. The molecule has 0 aliphatic heterocycles. The fraction of sp³-hybridized carbons (Fsp3) is 0.588. The molecule has 4 nitrogen and oxygen atoms in total. The van der Waals surface area contributed by atoms with Crippen LogP contribution in [0.5, 0.6) is 0 Å². The molecule has 2 rings (SSSR count). The lowest BCUT2D eigenvalue weighted by atomic mass is 10.2. The van der Waals surface area contributed by atoms with Gasteiger partial charge in [-0.25, -0.2) is 0 Å². The van der Waals surface area contributed by atoms with Crippen molar-refractivity contribution in [3.63, 3.8) is 0 Å². The van der Waals surface area contributed by atoms with Crippen molar-refractivity contribution in [1.82, 2.24) is 15.5 Å². The zero-order chi connectivity index (χ0) is 14.9.